The van der Waals surface area contributed by atoms with Crippen molar-refractivity contribution in [2.45, 2.75) is 69.6 Å². The third-order valence-electron chi connectivity index (χ3n) is 4.78. The van der Waals surface area contributed by atoms with Crippen LogP contribution in [-0.2, 0) is 0 Å². The van der Waals surface area contributed by atoms with Gasteiger partial charge in [-0.1, -0.05) is 12.8 Å². The van der Waals surface area contributed by atoms with Crippen LogP contribution in [0.15, 0.2) is 6.20 Å². The number of nitrogens with one attached hydrogen (secondary N) is 2. The lowest BCUT2D eigenvalue weighted by atomic mass is 9.93. The molecule has 0 aromatic carbocycles. The summed E-state index contributed by atoms with van der Waals surface area (Å²) in [6.07, 6.45) is 9.26. The third-order valence-corrected chi connectivity index (χ3v) is 4.78. The highest BCUT2D eigenvalue weighted by molar-refractivity contribution is 5.97. The van der Waals surface area contributed by atoms with E-state index in [9.17, 15) is 9.90 Å². The molecule has 1 aromatic rings. The van der Waals surface area contributed by atoms with E-state index >= 15 is 0 Å². The number of nitrogens with zero attached hydrogens (tertiary/aromatic N) is 2. The lowest BCUT2D eigenvalue weighted by Gasteiger charge is -2.26. The minimum absolute atomic E-state index is 0.189. The summed E-state index contributed by atoms with van der Waals surface area (Å²) in [6.45, 7) is 0. The first kappa shape index (κ1) is 16.0. The lowest BCUT2D eigenvalue weighted by molar-refractivity contribution is 0.1000. The Bertz CT molecular complexity index is 551. The zero-order chi connectivity index (χ0) is 16.2. The van der Waals surface area contributed by atoms with E-state index in [0.29, 0.717) is 23.4 Å². The lowest BCUT2D eigenvalue weighted by Crippen LogP contribution is -2.29. The van der Waals surface area contributed by atoms with Gasteiger partial charge in [-0.15, -0.1) is 0 Å². The topological polar surface area (TPSA) is 113 Å². The fourth-order valence-electron chi connectivity index (χ4n) is 3.41. The van der Waals surface area contributed by atoms with Gasteiger partial charge >= 0.3 is 0 Å². The highest BCUT2D eigenvalue weighted by Gasteiger charge is 2.22. The number of hydrogen-bond donors (Lipinski definition) is 4. The summed E-state index contributed by atoms with van der Waals surface area (Å²) >= 11 is 0. The molecule has 3 rings (SSSR count). The zero-order valence-corrected chi connectivity index (χ0v) is 13.3. The van der Waals surface area contributed by atoms with Crippen LogP contribution in [0.5, 0.6) is 0 Å². The second-order valence-electron chi connectivity index (χ2n) is 6.60. The van der Waals surface area contributed by atoms with E-state index in [1.165, 1.54) is 19.0 Å². The summed E-state index contributed by atoms with van der Waals surface area (Å²) < 4.78 is 0. The van der Waals surface area contributed by atoms with Gasteiger partial charge in [0.1, 0.15) is 5.82 Å². The molecule has 7 nitrogen and oxygen atoms in total. The summed E-state index contributed by atoms with van der Waals surface area (Å²) in [6, 6.07) is 0.609. The number of aromatic nitrogens is 2. The van der Waals surface area contributed by atoms with Gasteiger partial charge in [-0.2, -0.15) is 4.98 Å². The van der Waals surface area contributed by atoms with Gasteiger partial charge in [0.15, 0.2) is 0 Å². The van der Waals surface area contributed by atoms with E-state index in [2.05, 4.69) is 20.6 Å². The predicted molar refractivity (Wildman–Crippen MR) is 88.3 cm³/mol. The minimum Gasteiger partial charge on any atom is -0.393 e. The molecule has 1 heterocycles. The Morgan fingerprint density at radius 1 is 1.09 bits per heavy atom. The van der Waals surface area contributed by atoms with Crippen molar-refractivity contribution < 1.29 is 9.90 Å². The number of anilines is 2. The van der Waals surface area contributed by atoms with Crippen molar-refractivity contribution in [3.63, 3.8) is 0 Å². The van der Waals surface area contributed by atoms with Crippen molar-refractivity contribution in [1.82, 2.24) is 9.97 Å². The number of rotatable bonds is 5. The average molecular weight is 319 g/mol. The van der Waals surface area contributed by atoms with Crippen LogP contribution in [0.1, 0.15) is 61.7 Å². The third kappa shape index (κ3) is 4.10. The normalized spacial score (nSPS) is 25.3. The summed E-state index contributed by atoms with van der Waals surface area (Å²) in [5.41, 5.74) is 5.77. The Balaban J connectivity index is 1.71. The molecule has 23 heavy (non-hydrogen) atoms. The maximum Gasteiger partial charge on any atom is 0.254 e. The van der Waals surface area contributed by atoms with Crippen LogP contribution in [0.4, 0.5) is 11.8 Å². The van der Waals surface area contributed by atoms with Crippen LogP contribution < -0.4 is 16.4 Å². The summed E-state index contributed by atoms with van der Waals surface area (Å²) in [5.74, 6) is 0.521. The smallest absolute Gasteiger partial charge is 0.254 e. The number of carbonyl (C=O) groups is 1. The predicted octanol–water partition coefficient (Wildman–Crippen LogP) is 1.65. The van der Waals surface area contributed by atoms with Gasteiger partial charge in [0, 0.05) is 18.3 Å². The molecule has 0 atom stereocenters. The van der Waals surface area contributed by atoms with E-state index in [1.807, 2.05) is 0 Å². The Hall–Kier alpha value is -1.89. The number of carbonyl (C=O) groups excluding carboxylic acids is 1. The standard InChI is InChI=1S/C16H25N5O2/c17-14(23)13-9-18-16(20-11-5-7-12(22)8-6-11)21-15(13)19-10-3-1-2-4-10/h9-12,22H,1-8H2,(H2,17,23)(H2,18,19,20,21)/t11-,12-. The Kier molecular flexibility index (Phi) is 4.95. The largest absolute Gasteiger partial charge is 0.393 e. The fraction of sp³-hybridized carbons (Fsp3) is 0.688. The zero-order valence-electron chi connectivity index (χ0n) is 13.3. The molecule has 1 amide bonds. The summed E-state index contributed by atoms with van der Waals surface area (Å²) in [7, 11) is 0. The van der Waals surface area contributed by atoms with Crippen LogP contribution in [0.2, 0.25) is 0 Å². The van der Waals surface area contributed by atoms with Gasteiger partial charge in [-0.25, -0.2) is 4.98 Å². The van der Waals surface area contributed by atoms with Gasteiger partial charge in [-0.05, 0) is 38.5 Å². The van der Waals surface area contributed by atoms with Crippen molar-refractivity contribution in [2.75, 3.05) is 10.6 Å². The van der Waals surface area contributed by atoms with Crippen molar-refractivity contribution >= 4 is 17.7 Å². The van der Waals surface area contributed by atoms with Crippen LogP contribution >= 0.6 is 0 Å². The molecule has 0 radical (unpaired) electrons. The number of aliphatic hydroxyl groups is 1. The quantitative estimate of drug-likeness (QED) is 0.656. The molecule has 0 unspecified atom stereocenters. The number of primary amides is 1. The summed E-state index contributed by atoms with van der Waals surface area (Å²) in [4.78, 5) is 20.3. The van der Waals surface area contributed by atoms with Crippen LogP contribution in [0.25, 0.3) is 0 Å². The first-order valence-corrected chi connectivity index (χ1v) is 8.50. The number of hydrogen-bond acceptors (Lipinski definition) is 6. The molecule has 1 aromatic heterocycles. The highest BCUT2D eigenvalue weighted by atomic mass is 16.3. The second kappa shape index (κ2) is 7.12. The van der Waals surface area contributed by atoms with E-state index in [0.717, 1.165) is 38.5 Å². The van der Waals surface area contributed by atoms with E-state index in [-0.39, 0.29) is 12.1 Å². The average Bonchev–Trinajstić information content (AvgIpc) is 3.02. The number of aliphatic hydroxyl groups excluding tert-OH is 1. The van der Waals surface area contributed by atoms with Gasteiger partial charge < -0.3 is 21.5 Å². The Labute approximate surface area is 136 Å². The molecular weight excluding hydrogens is 294 g/mol. The summed E-state index contributed by atoms with van der Waals surface area (Å²) in [5, 5.41) is 16.2. The van der Waals surface area contributed by atoms with E-state index in [1.54, 1.807) is 0 Å². The van der Waals surface area contributed by atoms with E-state index in [4.69, 9.17) is 5.73 Å². The van der Waals surface area contributed by atoms with Gasteiger partial charge in [0.2, 0.25) is 5.95 Å². The van der Waals surface area contributed by atoms with Crippen LogP contribution in [0.3, 0.4) is 0 Å². The number of amides is 1. The van der Waals surface area contributed by atoms with Crippen LogP contribution in [-0.4, -0.2) is 39.2 Å². The van der Waals surface area contributed by atoms with Crippen molar-refractivity contribution in [3.8, 4) is 0 Å². The monoisotopic (exact) mass is 319 g/mol. The maximum atomic E-state index is 11.6. The molecule has 0 bridgehead atoms. The van der Waals surface area contributed by atoms with Crippen LogP contribution in [0, 0.1) is 0 Å². The van der Waals surface area contributed by atoms with Gasteiger partial charge in [0.05, 0.1) is 11.7 Å². The molecule has 2 aliphatic rings. The van der Waals surface area contributed by atoms with Gasteiger partial charge in [0.25, 0.3) is 5.91 Å². The SMILES string of the molecule is NC(=O)c1cnc(N[C@H]2CC[C@H](O)CC2)nc1NC1CCCC1. The first-order chi connectivity index (χ1) is 11.1. The van der Waals surface area contributed by atoms with Crippen molar-refractivity contribution in [3.05, 3.63) is 11.8 Å². The Morgan fingerprint density at radius 2 is 1.74 bits per heavy atom. The molecule has 5 N–H and O–H groups in total. The first-order valence-electron chi connectivity index (χ1n) is 8.50. The van der Waals surface area contributed by atoms with Gasteiger partial charge in [-0.3, -0.25) is 4.79 Å². The molecule has 7 heteroatoms. The fourth-order valence-corrected chi connectivity index (χ4v) is 3.41. The molecule has 2 aliphatic carbocycles. The highest BCUT2D eigenvalue weighted by Crippen LogP contribution is 2.25. The molecule has 0 saturated heterocycles. The minimum atomic E-state index is -0.516. The molecule has 0 aliphatic heterocycles. The van der Waals surface area contributed by atoms with Crippen molar-refractivity contribution in [1.29, 1.82) is 0 Å². The molecular formula is C16H25N5O2. The molecule has 0 spiro atoms. The molecule has 126 valence electrons. The maximum absolute atomic E-state index is 11.6. The second-order valence-corrected chi connectivity index (χ2v) is 6.60. The van der Waals surface area contributed by atoms with E-state index < -0.39 is 5.91 Å². The van der Waals surface area contributed by atoms with Crippen molar-refractivity contribution in [2.24, 2.45) is 5.73 Å². The Morgan fingerprint density at radius 3 is 2.39 bits per heavy atom. The molecule has 2 saturated carbocycles. The number of nitrogens with two attached hydrogens (primary N) is 1. The molecule has 2 fully saturated rings.